The first kappa shape index (κ1) is 17.9. The molecule has 8 heteroatoms. The molecular weight excluding hydrogens is 390 g/mol. The van der Waals surface area contributed by atoms with Crippen LogP contribution >= 0.6 is 22.7 Å². The Hall–Kier alpha value is -3.54. The molecule has 0 fully saturated rings. The van der Waals surface area contributed by atoms with E-state index in [0.29, 0.717) is 16.4 Å². The molecule has 4 rings (SSSR count). The van der Waals surface area contributed by atoms with E-state index in [1.54, 1.807) is 33.7 Å². The van der Waals surface area contributed by atoms with Crippen LogP contribution in [0.5, 0.6) is 0 Å². The van der Waals surface area contributed by atoms with E-state index < -0.39 is 5.91 Å². The molecule has 0 saturated carbocycles. The number of hydrogen-bond acceptors (Lipinski definition) is 6. The molecule has 3 aromatic heterocycles. The van der Waals surface area contributed by atoms with E-state index >= 15 is 0 Å². The summed E-state index contributed by atoms with van der Waals surface area (Å²) in [5, 5.41) is 21.0. The third kappa shape index (κ3) is 3.76. The van der Waals surface area contributed by atoms with Crippen LogP contribution < -0.4 is 5.32 Å². The highest BCUT2D eigenvalue weighted by molar-refractivity contribution is 7.14. The minimum absolute atomic E-state index is 0.0133. The number of amides is 1. The van der Waals surface area contributed by atoms with Gasteiger partial charge in [0, 0.05) is 23.3 Å². The number of nitrogens with one attached hydrogen (secondary N) is 1. The average Bonchev–Trinajstić information content (AvgIpc) is 3.48. The van der Waals surface area contributed by atoms with Gasteiger partial charge in [-0.1, -0.05) is 24.3 Å². The highest BCUT2D eigenvalue weighted by Gasteiger charge is 2.16. The quantitative estimate of drug-likeness (QED) is 0.390. The zero-order valence-electron chi connectivity index (χ0n) is 14.4. The van der Waals surface area contributed by atoms with Crippen molar-refractivity contribution >= 4 is 39.8 Å². The van der Waals surface area contributed by atoms with Gasteiger partial charge >= 0.3 is 0 Å². The number of nitriles is 1. The highest BCUT2D eigenvalue weighted by atomic mass is 32.1. The molecule has 0 radical (unpaired) electrons. The van der Waals surface area contributed by atoms with Gasteiger partial charge < -0.3 is 0 Å². The Balaban J connectivity index is 1.74. The Morgan fingerprint density at radius 3 is 2.68 bits per heavy atom. The monoisotopic (exact) mass is 403 g/mol. The van der Waals surface area contributed by atoms with E-state index in [0.717, 1.165) is 10.6 Å². The Morgan fingerprint density at radius 2 is 2.00 bits per heavy atom. The molecular formula is C20H13N5OS2. The number of carbonyl (C=O) groups excluding carboxylic acids is 1. The normalized spacial score (nSPS) is 11.2. The Morgan fingerprint density at radius 1 is 1.14 bits per heavy atom. The van der Waals surface area contributed by atoms with E-state index in [4.69, 9.17) is 0 Å². The SMILES string of the molecule is N#CC(=Cc1cn(-c2ccccc2)nc1-c1cccs1)C(=O)Nc1nccs1. The molecule has 3 heterocycles. The fraction of sp³-hybridized carbons (Fsp3) is 0. The maximum atomic E-state index is 12.5. The topological polar surface area (TPSA) is 83.6 Å². The van der Waals surface area contributed by atoms with E-state index in [1.165, 1.54) is 11.3 Å². The number of benzene rings is 1. The van der Waals surface area contributed by atoms with Crippen LogP contribution in [0.1, 0.15) is 5.56 Å². The molecule has 0 spiro atoms. The lowest BCUT2D eigenvalue weighted by molar-refractivity contribution is -0.112. The second-order valence-electron chi connectivity index (χ2n) is 5.65. The van der Waals surface area contributed by atoms with Crippen molar-refractivity contribution < 1.29 is 4.79 Å². The Bertz CT molecular complexity index is 1150. The van der Waals surface area contributed by atoms with Crippen LogP contribution in [0.4, 0.5) is 5.13 Å². The van der Waals surface area contributed by atoms with E-state index in [1.807, 2.05) is 60.1 Å². The van der Waals surface area contributed by atoms with E-state index in [-0.39, 0.29) is 5.57 Å². The van der Waals surface area contributed by atoms with Gasteiger partial charge in [0.2, 0.25) is 0 Å². The van der Waals surface area contributed by atoms with Crippen molar-refractivity contribution in [1.82, 2.24) is 14.8 Å². The summed E-state index contributed by atoms with van der Waals surface area (Å²) in [7, 11) is 0. The van der Waals surface area contributed by atoms with Crippen LogP contribution in [0.3, 0.4) is 0 Å². The number of thiazole rings is 1. The minimum atomic E-state index is -0.498. The zero-order valence-corrected chi connectivity index (χ0v) is 16.1. The van der Waals surface area contributed by atoms with Crippen molar-refractivity contribution in [1.29, 1.82) is 5.26 Å². The first-order valence-corrected chi connectivity index (χ1v) is 10.0. The standard InChI is InChI=1S/C20H13N5OS2/c21-12-14(19(26)23-20-22-8-10-28-20)11-15-13-25(16-5-2-1-3-6-16)24-18(15)17-7-4-9-27-17/h1-11,13H,(H,22,23,26). The van der Waals surface area contributed by atoms with Crippen molar-refractivity contribution in [3.05, 3.63) is 76.8 Å². The number of carbonyl (C=O) groups is 1. The molecule has 136 valence electrons. The molecule has 0 bridgehead atoms. The predicted octanol–water partition coefficient (Wildman–Crippen LogP) is 4.60. The van der Waals surface area contributed by atoms with Crippen molar-refractivity contribution in [3.8, 4) is 22.3 Å². The second kappa shape index (κ2) is 8.00. The second-order valence-corrected chi connectivity index (χ2v) is 7.49. The molecule has 0 atom stereocenters. The predicted molar refractivity (Wildman–Crippen MR) is 111 cm³/mol. The summed E-state index contributed by atoms with van der Waals surface area (Å²) in [6.45, 7) is 0. The van der Waals surface area contributed by atoms with Gasteiger partial charge in [0.1, 0.15) is 17.3 Å². The smallest absolute Gasteiger partial charge is 0.268 e. The van der Waals surface area contributed by atoms with Crippen LogP contribution in [0.2, 0.25) is 0 Å². The van der Waals surface area contributed by atoms with Gasteiger partial charge in [0.15, 0.2) is 5.13 Å². The van der Waals surface area contributed by atoms with Crippen LogP contribution in [0.25, 0.3) is 22.3 Å². The van der Waals surface area contributed by atoms with Gasteiger partial charge in [-0.05, 0) is 29.7 Å². The first-order valence-electron chi connectivity index (χ1n) is 8.26. The number of nitrogens with zero attached hydrogens (tertiary/aromatic N) is 4. The van der Waals surface area contributed by atoms with Gasteiger partial charge in [0.25, 0.3) is 5.91 Å². The molecule has 0 aliphatic rings. The van der Waals surface area contributed by atoms with E-state index in [9.17, 15) is 10.1 Å². The third-order valence-electron chi connectivity index (χ3n) is 3.84. The summed E-state index contributed by atoms with van der Waals surface area (Å²) in [6.07, 6.45) is 4.97. The van der Waals surface area contributed by atoms with Crippen molar-refractivity contribution in [2.45, 2.75) is 0 Å². The third-order valence-corrected chi connectivity index (χ3v) is 5.40. The summed E-state index contributed by atoms with van der Waals surface area (Å²) >= 11 is 2.84. The number of rotatable bonds is 5. The molecule has 6 nitrogen and oxygen atoms in total. The largest absolute Gasteiger partial charge is 0.297 e. The van der Waals surface area contributed by atoms with Crippen molar-refractivity contribution in [3.63, 3.8) is 0 Å². The highest BCUT2D eigenvalue weighted by Crippen LogP contribution is 2.29. The zero-order chi connectivity index (χ0) is 19.3. The lowest BCUT2D eigenvalue weighted by Crippen LogP contribution is -2.13. The lowest BCUT2D eigenvalue weighted by Gasteiger charge is -2.00. The summed E-state index contributed by atoms with van der Waals surface area (Å²) in [6, 6.07) is 15.6. The molecule has 0 aliphatic heterocycles. The van der Waals surface area contributed by atoms with Gasteiger partial charge in [0.05, 0.1) is 10.6 Å². The molecule has 28 heavy (non-hydrogen) atoms. The summed E-state index contributed by atoms with van der Waals surface area (Å²) in [5.41, 5.74) is 2.29. The fourth-order valence-corrected chi connectivity index (χ4v) is 3.82. The Kier molecular flexibility index (Phi) is 5.10. The molecule has 0 aliphatic carbocycles. The molecule has 1 N–H and O–H groups in total. The van der Waals surface area contributed by atoms with Gasteiger partial charge in [-0.3, -0.25) is 10.1 Å². The Labute approximate surface area is 169 Å². The van der Waals surface area contributed by atoms with Gasteiger partial charge in [-0.2, -0.15) is 10.4 Å². The molecule has 0 saturated heterocycles. The van der Waals surface area contributed by atoms with Crippen LogP contribution in [0.15, 0.2) is 71.2 Å². The first-order chi connectivity index (χ1) is 13.7. The number of aromatic nitrogens is 3. The van der Waals surface area contributed by atoms with Gasteiger partial charge in [-0.25, -0.2) is 9.67 Å². The van der Waals surface area contributed by atoms with E-state index in [2.05, 4.69) is 15.4 Å². The number of anilines is 1. The molecule has 0 unspecified atom stereocenters. The lowest BCUT2D eigenvalue weighted by atomic mass is 10.1. The molecule has 4 aromatic rings. The fourth-order valence-electron chi connectivity index (χ4n) is 2.56. The van der Waals surface area contributed by atoms with Crippen LogP contribution in [-0.2, 0) is 4.79 Å². The van der Waals surface area contributed by atoms with Crippen molar-refractivity contribution in [2.24, 2.45) is 0 Å². The number of para-hydroxylation sites is 1. The van der Waals surface area contributed by atoms with Crippen LogP contribution in [0, 0.1) is 11.3 Å². The van der Waals surface area contributed by atoms with Crippen LogP contribution in [-0.4, -0.2) is 20.7 Å². The minimum Gasteiger partial charge on any atom is -0.297 e. The number of thiophene rings is 1. The summed E-state index contributed by atoms with van der Waals surface area (Å²) in [4.78, 5) is 17.4. The molecule has 1 amide bonds. The number of hydrogen-bond donors (Lipinski definition) is 1. The van der Waals surface area contributed by atoms with Gasteiger partial charge in [-0.15, -0.1) is 22.7 Å². The average molecular weight is 403 g/mol. The maximum Gasteiger partial charge on any atom is 0.268 e. The summed E-state index contributed by atoms with van der Waals surface area (Å²) in [5.74, 6) is -0.498. The molecule has 1 aromatic carbocycles. The van der Waals surface area contributed by atoms with Crippen molar-refractivity contribution in [2.75, 3.05) is 5.32 Å². The summed E-state index contributed by atoms with van der Waals surface area (Å²) < 4.78 is 1.74. The maximum absolute atomic E-state index is 12.5.